The summed E-state index contributed by atoms with van der Waals surface area (Å²) in [5, 5.41) is 0. The number of fused-ring (bicyclic) bond motifs is 2. The number of hydrogen-bond donors (Lipinski definition) is 0. The lowest BCUT2D eigenvalue weighted by molar-refractivity contribution is 0.193. The van der Waals surface area contributed by atoms with Crippen LogP contribution in [0.1, 0.15) is 83.7 Å². The summed E-state index contributed by atoms with van der Waals surface area (Å²) in [4.78, 5) is 5.54. The molecule has 3 atom stereocenters. The van der Waals surface area contributed by atoms with E-state index in [9.17, 15) is 0 Å². The third-order valence-corrected chi connectivity index (χ3v) is 8.04. The van der Waals surface area contributed by atoms with Crippen LogP contribution in [0.2, 0.25) is 0 Å². The van der Waals surface area contributed by atoms with Crippen LogP contribution in [0.5, 0.6) is 0 Å². The van der Waals surface area contributed by atoms with E-state index in [0.29, 0.717) is 16.9 Å². The minimum atomic E-state index is 0.333. The fraction of sp³-hybridized carbons (Fsp3) is 0.696. The van der Waals surface area contributed by atoms with Gasteiger partial charge in [0.05, 0.1) is 6.04 Å². The molecule has 2 bridgehead atoms. The zero-order chi connectivity index (χ0) is 16.8. The maximum Gasteiger partial charge on any atom is 0.0776 e. The lowest BCUT2D eigenvalue weighted by Crippen LogP contribution is -2.33. The average molecular weight is 324 g/mol. The molecule has 0 heterocycles. The molecule has 0 aliphatic heterocycles. The summed E-state index contributed by atoms with van der Waals surface area (Å²) in [5.74, 6) is 1.60. The van der Waals surface area contributed by atoms with E-state index in [1.54, 1.807) is 5.71 Å². The molecule has 1 heteroatoms. The predicted molar refractivity (Wildman–Crippen MR) is 102 cm³/mol. The highest BCUT2D eigenvalue weighted by Crippen LogP contribution is 2.64. The highest BCUT2D eigenvalue weighted by atomic mass is 14.9. The van der Waals surface area contributed by atoms with Gasteiger partial charge in [-0.1, -0.05) is 70.4 Å². The predicted octanol–water partition coefficient (Wildman–Crippen LogP) is 6.60. The Morgan fingerprint density at radius 2 is 1.67 bits per heavy atom. The van der Waals surface area contributed by atoms with Gasteiger partial charge >= 0.3 is 0 Å². The van der Waals surface area contributed by atoms with Crippen LogP contribution in [0.15, 0.2) is 35.3 Å². The molecule has 0 radical (unpaired) electrons. The van der Waals surface area contributed by atoms with Gasteiger partial charge in [0, 0.05) is 11.1 Å². The second-order valence-corrected chi connectivity index (χ2v) is 9.32. The molecule has 0 spiro atoms. The molecule has 4 rings (SSSR count). The Morgan fingerprint density at radius 1 is 0.958 bits per heavy atom. The quantitative estimate of drug-likeness (QED) is 0.594. The number of benzene rings is 1. The highest BCUT2D eigenvalue weighted by Gasteiger charge is 2.59. The summed E-state index contributed by atoms with van der Waals surface area (Å²) in [6, 6.07) is 11.5. The molecule has 24 heavy (non-hydrogen) atoms. The SMILES string of the molecule is CC12CCC(CC1=NC(c1ccccc1)C1CCCCC1)C2(C)C. The fourth-order valence-corrected chi connectivity index (χ4v) is 5.84. The Morgan fingerprint density at radius 3 is 2.25 bits per heavy atom. The molecule has 130 valence electrons. The smallest absolute Gasteiger partial charge is 0.0776 e. The molecule has 1 aromatic rings. The lowest BCUT2D eigenvalue weighted by Gasteiger charge is -2.36. The van der Waals surface area contributed by atoms with Crippen LogP contribution in [0.25, 0.3) is 0 Å². The van der Waals surface area contributed by atoms with Crippen molar-refractivity contribution in [1.29, 1.82) is 0 Å². The van der Waals surface area contributed by atoms with Gasteiger partial charge in [0.1, 0.15) is 0 Å². The van der Waals surface area contributed by atoms with Gasteiger partial charge in [0.25, 0.3) is 0 Å². The molecule has 0 N–H and O–H groups in total. The van der Waals surface area contributed by atoms with Crippen molar-refractivity contribution in [2.75, 3.05) is 0 Å². The van der Waals surface area contributed by atoms with E-state index in [0.717, 1.165) is 11.8 Å². The van der Waals surface area contributed by atoms with Crippen LogP contribution >= 0.6 is 0 Å². The molecule has 1 nitrogen and oxygen atoms in total. The van der Waals surface area contributed by atoms with Gasteiger partial charge in [-0.15, -0.1) is 0 Å². The molecular weight excluding hydrogens is 290 g/mol. The Kier molecular flexibility index (Phi) is 4.09. The first-order valence-corrected chi connectivity index (χ1v) is 10.1. The molecule has 3 unspecified atom stereocenters. The molecule has 3 fully saturated rings. The maximum absolute atomic E-state index is 5.54. The van der Waals surface area contributed by atoms with E-state index < -0.39 is 0 Å². The number of nitrogens with zero attached hydrogens (tertiary/aromatic N) is 1. The number of rotatable bonds is 3. The maximum atomic E-state index is 5.54. The van der Waals surface area contributed by atoms with Gasteiger partial charge in [-0.2, -0.15) is 0 Å². The normalized spacial score (nSPS) is 35.5. The molecule has 3 saturated carbocycles. The van der Waals surface area contributed by atoms with Gasteiger partial charge in [-0.05, 0) is 54.9 Å². The Labute approximate surface area is 148 Å². The minimum Gasteiger partial charge on any atom is -0.285 e. The Bertz CT molecular complexity index is 608. The average Bonchev–Trinajstić information content (AvgIpc) is 2.94. The molecule has 0 aromatic heterocycles. The lowest BCUT2D eigenvalue weighted by atomic mass is 9.70. The van der Waals surface area contributed by atoms with Crippen LogP contribution in [-0.2, 0) is 0 Å². The Balaban J connectivity index is 1.70. The molecular formula is C23H33N. The van der Waals surface area contributed by atoms with E-state index >= 15 is 0 Å². The third kappa shape index (κ3) is 2.47. The van der Waals surface area contributed by atoms with Gasteiger partial charge in [-0.3, -0.25) is 4.99 Å². The number of hydrogen-bond acceptors (Lipinski definition) is 1. The van der Waals surface area contributed by atoms with Crippen molar-refractivity contribution in [2.24, 2.45) is 27.7 Å². The fourth-order valence-electron chi connectivity index (χ4n) is 5.84. The Hall–Kier alpha value is -1.11. The minimum absolute atomic E-state index is 0.333. The van der Waals surface area contributed by atoms with E-state index in [4.69, 9.17) is 4.99 Å². The third-order valence-electron chi connectivity index (χ3n) is 8.04. The van der Waals surface area contributed by atoms with Crippen LogP contribution in [0, 0.1) is 22.7 Å². The van der Waals surface area contributed by atoms with E-state index in [1.807, 2.05) is 0 Å². The summed E-state index contributed by atoms with van der Waals surface area (Å²) >= 11 is 0. The zero-order valence-electron chi connectivity index (χ0n) is 15.7. The highest BCUT2D eigenvalue weighted by molar-refractivity contribution is 5.94. The van der Waals surface area contributed by atoms with Crippen molar-refractivity contribution < 1.29 is 0 Å². The summed E-state index contributed by atoms with van der Waals surface area (Å²) in [6.07, 6.45) is 10.9. The summed E-state index contributed by atoms with van der Waals surface area (Å²) in [6.45, 7) is 7.48. The first-order valence-electron chi connectivity index (χ1n) is 10.1. The van der Waals surface area contributed by atoms with Crippen LogP contribution in [-0.4, -0.2) is 5.71 Å². The van der Waals surface area contributed by atoms with Crippen LogP contribution in [0.4, 0.5) is 0 Å². The van der Waals surface area contributed by atoms with Crippen LogP contribution < -0.4 is 0 Å². The summed E-state index contributed by atoms with van der Waals surface area (Å²) in [7, 11) is 0. The van der Waals surface area contributed by atoms with Gasteiger partial charge < -0.3 is 0 Å². The molecule has 0 saturated heterocycles. The molecule has 3 aliphatic rings. The van der Waals surface area contributed by atoms with Crippen LogP contribution in [0.3, 0.4) is 0 Å². The van der Waals surface area contributed by atoms with E-state index in [2.05, 4.69) is 51.1 Å². The van der Waals surface area contributed by atoms with Crippen molar-refractivity contribution in [3.63, 3.8) is 0 Å². The topological polar surface area (TPSA) is 12.4 Å². The monoisotopic (exact) mass is 323 g/mol. The summed E-state index contributed by atoms with van der Waals surface area (Å²) < 4.78 is 0. The second-order valence-electron chi connectivity index (χ2n) is 9.32. The standard InChI is InChI=1S/C23H33N/c1-22(2)19-14-15-23(22,3)20(16-19)24-21(17-10-6-4-7-11-17)18-12-8-5-9-13-18/h4,6-7,10-11,18-19,21H,5,8-9,12-16H2,1-3H3. The van der Waals surface area contributed by atoms with Gasteiger partial charge in [0.15, 0.2) is 0 Å². The van der Waals surface area contributed by atoms with Crippen molar-refractivity contribution in [3.05, 3.63) is 35.9 Å². The molecule has 1 aromatic carbocycles. The molecule has 3 aliphatic carbocycles. The second kappa shape index (κ2) is 6.00. The summed E-state index contributed by atoms with van der Waals surface area (Å²) in [5.41, 5.74) is 3.75. The molecule has 0 amide bonds. The zero-order valence-corrected chi connectivity index (χ0v) is 15.7. The van der Waals surface area contributed by atoms with Crippen molar-refractivity contribution >= 4 is 5.71 Å². The van der Waals surface area contributed by atoms with Gasteiger partial charge in [-0.25, -0.2) is 0 Å². The van der Waals surface area contributed by atoms with Gasteiger partial charge in [0.2, 0.25) is 0 Å². The van der Waals surface area contributed by atoms with Crippen molar-refractivity contribution in [2.45, 2.75) is 78.2 Å². The number of aliphatic imine (C=N–C) groups is 1. The van der Waals surface area contributed by atoms with E-state index in [1.165, 1.54) is 56.9 Å². The van der Waals surface area contributed by atoms with Crippen molar-refractivity contribution in [3.8, 4) is 0 Å². The largest absolute Gasteiger partial charge is 0.285 e. The first-order chi connectivity index (χ1) is 11.5. The van der Waals surface area contributed by atoms with E-state index in [-0.39, 0.29) is 0 Å². The first kappa shape index (κ1) is 16.4. The van der Waals surface area contributed by atoms with Crippen molar-refractivity contribution in [1.82, 2.24) is 0 Å².